The molecule has 0 heterocycles. The normalized spacial score (nSPS) is 68.8. The molecule has 7 atom stereocenters. The van der Waals surface area contributed by atoms with E-state index in [0.717, 1.165) is 36.0 Å². The summed E-state index contributed by atoms with van der Waals surface area (Å²) in [6, 6.07) is 0. The van der Waals surface area contributed by atoms with Crippen LogP contribution in [-0.2, 0) is 4.79 Å². The van der Waals surface area contributed by atoms with Gasteiger partial charge in [0.05, 0.1) is 5.92 Å². The van der Waals surface area contributed by atoms with Gasteiger partial charge in [0.15, 0.2) is 0 Å². The summed E-state index contributed by atoms with van der Waals surface area (Å²) in [5, 5.41) is 9.01. The molecule has 0 aliphatic heterocycles. The Labute approximate surface area is 71.0 Å². The van der Waals surface area contributed by atoms with Gasteiger partial charge < -0.3 is 5.11 Å². The lowest BCUT2D eigenvalue weighted by Crippen LogP contribution is -2.22. The van der Waals surface area contributed by atoms with Crippen LogP contribution in [-0.4, -0.2) is 11.1 Å². The van der Waals surface area contributed by atoms with Gasteiger partial charge in [-0.3, -0.25) is 4.79 Å². The van der Waals surface area contributed by atoms with Gasteiger partial charge in [-0.15, -0.1) is 0 Å². The minimum absolute atomic E-state index is 0.0498. The number of carboxylic acid groups (broad SMARTS) is 1. The lowest BCUT2D eigenvalue weighted by atomic mass is 9.88. The maximum absolute atomic E-state index is 10.9. The van der Waals surface area contributed by atoms with Crippen molar-refractivity contribution in [3.8, 4) is 0 Å². The van der Waals surface area contributed by atoms with Gasteiger partial charge in [-0.1, -0.05) is 0 Å². The van der Waals surface area contributed by atoms with Crippen molar-refractivity contribution in [3.63, 3.8) is 0 Å². The van der Waals surface area contributed by atoms with Gasteiger partial charge in [0.1, 0.15) is 0 Å². The summed E-state index contributed by atoms with van der Waals surface area (Å²) in [6.45, 7) is 0. The van der Waals surface area contributed by atoms with Crippen LogP contribution in [0.15, 0.2) is 0 Å². The first-order valence-electron chi connectivity index (χ1n) is 5.02. The van der Waals surface area contributed by atoms with E-state index >= 15 is 0 Å². The first-order valence-corrected chi connectivity index (χ1v) is 5.02. The van der Waals surface area contributed by atoms with E-state index in [1.165, 1.54) is 6.42 Å². The molecule has 5 aliphatic carbocycles. The van der Waals surface area contributed by atoms with E-state index in [2.05, 4.69) is 0 Å². The minimum Gasteiger partial charge on any atom is -0.481 e. The molecule has 0 aromatic carbocycles. The van der Waals surface area contributed by atoms with E-state index < -0.39 is 5.97 Å². The summed E-state index contributed by atoms with van der Waals surface area (Å²) in [5.74, 6) is 4.67. The Hall–Kier alpha value is -0.530. The van der Waals surface area contributed by atoms with Crippen LogP contribution in [0.2, 0.25) is 0 Å². The fourth-order valence-corrected chi connectivity index (χ4v) is 5.00. The quantitative estimate of drug-likeness (QED) is 0.632. The third kappa shape index (κ3) is 0.395. The second-order valence-corrected chi connectivity index (χ2v) is 5.14. The highest BCUT2D eigenvalue weighted by Crippen LogP contribution is 2.82. The second-order valence-electron chi connectivity index (χ2n) is 5.14. The molecule has 0 saturated heterocycles. The van der Waals surface area contributed by atoms with E-state index in [1.54, 1.807) is 0 Å². The molecule has 12 heavy (non-hydrogen) atoms. The molecule has 5 saturated carbocycles. The fraction of sp³-hybridized carbons (Fsp3) is 0.900. The maximum atomic E-state index is 10.9. The number of hydrogen-bond acceptors (Lipinski definition) is 1. The average Bonchev–Trinajstić information content (AvgIpc) is 2.45. The Balaban J connectivity index is 1.79. The molecule has 0 aromatic rings. The van der Waals surface area contributed by atoms with E-state index in [-0.39, 0.29) is 5.92 Å². The molecule has 2 nitrogen and oxygen atoms in total. The smallest absolute Gasteiger partial charge is 0.306 e. The van der Waals surface area contributed by atoms with Crippen molar-refractivity contribution in [2.75, 3.05) is 0 Å². The summed E-state index contributed by atoms with van der Waals surface area (Å²) >= 11 is 0. The van der Waals surface area contributed by atoms with Crippen LogP contribution in [0.4, 0.5) is 0 Å². The van der Waals surface area contributed by atoms with E-state index in [0.29, 0.717) is 5.92 Å². The number of rotatable bonds is 1. The van der Waals surface area contributed by atoms with Gasteiger partial charge in [0.2, 0.25) is 0 Å². The molecule has 0 radical (unpaired) electrons. The van der Waals surface area contributed by atoms with Crippen LogP contribution in [0.5, 0.6) is 0 Å². The van der Waals surface area contributed by atoms with Crippen LogP contribution in [0, 0.1) is 41.4 Å². The minimum atomic E-state index is -0.515. The van der Waals surface area contributed by atoms with Gasteiger partial charge in [-0.2, -0.15) is 0 Å². The van der Waals surface area contributed by atoms with Crippen LogP contribution in [0.1, 0.15) is 12.8 Å². The SMILES string of the molecule is O=C(O)C1CC2C3CC4C2C4C13. The van der Waals surface area contributed by atoms with Gasteiger partial charge in [0.25, 0.3) is 0 Å². The van der Waals surface area contributed by atoms with E-state index in [1.807, 2.05) is 0 Å². The van der Waals surface area contributed by atoms with Crippen LogP contribution >= 0.6 is 0 Å². The molecule has 1 N–H and O–H groups in total. The molecule has 2 heteroatoms. The second kappa shape index (κ2) is 1.45. The Bertz CT molecular complexity index is 286. The Kier molecular flexibility index (Phi) is 0.724. The van der Waals surface area contributed by atoms with Crippen molar-refractivity contribution < 1.29 is 9.90 Å². The summed E-state index contributed by atoms with van der Waals surface area (Å²) in [6.07, 6.45) is 2.40. The van der Waals surface area contributed by atoms with Crippen molar-refractivity contribution >= 4 is 5.97 Å². The zero-order valence-corrected chi connectivity index (χ0v) is 6.81. The molecule has 0 amide bonds. The molecule has 6 bridgehead atoms. The fourth-order valence-electron chi connectivity index (χ4n) is 5.00. The number of hydrogen-bond donors (Lipinski definition) is 1. The van der Waals surface area contributed by atoms with Gasteiger partial charge in [-0.25, -0.2) is 0 Å². The third-order valence-corrected chi connectivity index (χ3v) is 5.13. The van der Waals surface area contributed by atoms with Crippen LogP contribution in [0.3, 0.4) is 0 Å². The number of aliphatic carboxylic acids is 1. The monoisotopic (exact) mass is 164 g/mol. The Morgan fingerprint density at radius 2 is 1.75 bits per heavy atom. The topological polar surface area (TPSA) is 37.3 Å². The largest absolute Gasteiger partial charge is 0.481 e. The highest BCUT2D eigenvalue weighted by molar-refractivity contribution is 5.72. The molecule has 0 spiro atoms. The van der Waals surface area contributed by atoms with Crippen LogP contribution in [0.25, 0.3) is 0 Å². The molecule has 0 aromatic heterocycles. The van der Waals surface area contributed by atoms with Crippen molar-refractivity contribution in [1.29, 1.82) is 0 Å². The van der Waals surface area contributed by atoms with E-state index in [9.17, 15) is 4.79 Å². The predicted octanol–water partition coefficient (Wildman–Crippen LogP) is 1.22. The standard InChI is InChI=1S/C10H12O2/c11-10(12)6-2-4-3-1-5-7(4)9(5)8(3)6/h3-9H,1-2H2,(H,11,12). The molecule has 5 fully saturated rings. The lowest BCUT2D eigenvalue weighted by molar-refractivity contribution is -0.143. The molecule has 5 aliphatic rings. The van der Waals surface area contributed by atoms with Crippen LogP contribution < -0.4 is 0 Å². The average molecular weight is 164 g/mol. The molecule has 64 valence electrons. The van der Waals surface area contributed by atoms with Gasteiger partial charge in [0, 0.05) is 0 Å². The Morgan fingerprint density at radius 3 is 2.25 bits per heavy atom. The van der Waals surface area contributed by atoms with Crippen molar-refractivity contribution in [1.82, 2.24) is 0 Å². The van der Waals surface area contributed by atoms with Crippen molar-refractivity contribution in [3.05, 3.63) is 0 Å². The summed E-state index contributed by atoms with van der Waals surface area (Å²) < 4.78 is 0. The number of carboxylic acids is 1. The molecule has 7 unspecified atom stereocenters. The number of carbonyl (C=O) groups is 1. The lowest BCUT2D eigenvalue weighted by Gasteiger charge is -2.16. The maximum Gasteiger partial charge on any atom is 0.306 e. The molecular formula is C10H12O2. The highest BCUT2D eigenvalue weighted by Gasteiger charge is 2.78. The predicted molar refractivity (Wildman–Crippen MR) is 41.3 cm³/mol. The first-order chi connectivity index (χ1) is 5.79. The zero-order chi connectivity index (χ0) is 8.03. The van der Waals surface area contributed by atoms with Crippen molar-refractivity contribution in [2.45, 2.75) is 12.8 Å². The van der Waals surface area contributed by atoms with Gasteiger partial charge in [-0.05, 0) is 48.3 Å². The summed E-state index contributed by atoms with van der Waals surface area (Å²) in [5.41, 5.74) is 0. The first kappa shape index (κ1) is 6.01. The molecule has 5 rings (SSSR count). The van der Waals surface area contributed by atoms with Gasteiger partial charge >= 0.3 is 5.97 Å². The van der Waals surface area contributed by atoms with E-state index in [4.69, 9.17) is 5.11 Å². The zero-order valence-electron chi connectivity index (χ0n) is 6.81. The van der Waals surface area contributed by atoms with Crippen molar-refractivity contribution in [2.24, 2.45) is 41.4 Å². The summed E-state index contributed by atoms with van der Waals surface area (Å²) in [7, 11) is 0. The summed E-state index contributed by atoms with van der Waals surface area (Å²) in [4.78, 5) is 10.9. The third-order valence-electron chi connectivity index (χ3n) is 5.13. The highest BCUT2D eigenvalue weighted by atomic mass is 16.4. The molecular weight excluding hydrogens is 152 g/mol. The Morgan fingerprint density at radius 1 is 1.00 bits per heavy atom.